The maximum Gasteiger partial charge on any atom is 0.511 e. The van der Waals surface area contributed by atoms with Gasteiger partial charge in [0.05, 0.1) is 0 Å². The zero-order chi connectivity index (χ0) is 20.2. The van der Waals surface area contributed by atoms with Gasteiger partial charge < -0.3 is 0 Å². The SMILES string of the molecule is O=S(=O)(N(C/C=C/C1CCCCC1)Cc1cccc2ccccc12)C(F)(F)F. The predicted octanol–water partition coefficient (Wildman–Crippen LogP) is 5.63. The Morgan fingerprint density at radius 3 is 2.39 bits per heavy atom. The van der Waals surface area contributed by atoms with Gasteiger partial charge in [-0.2, -0.15) is 17.5 Å². The molecule has 1 fully saturated rings. The summed E-state index contributed by atoms with van der Waals surface area (Å²) < 4.78 is 64.5. The Kier molecular flexibility index (Phi) is 6.45. The summed E-state index contributed by atoms with van der Waals surface area (Å²) in [6, 6.07) is 12.5. The molecule has 0 aliphatic heterocycles. The van der Waals surface area contributed by atoms with Crippen molar-refractivity contribution in [1.29, 1.82) is 0 Å². The first-order chi connectivity index (χ1) is 13.3. The highest BCUT2D eigenvalue weighted by Gasteiger charge is 2.49. The smallest absolute Gasteiger partial charge is 0.203 e. The maximum absolute atomic E-state index is 13.2. The third kappa shape index (κ3) is 4.75. The first-order valence-electron chi connectivity index (χ1n) is 9.49. The van der Waals surface area contributed by atoms with Crippen molar-refractivity contribution in [2.24, 2.45) is 5.92 Å². The maximum atomic E-state index is 13.2. The minimum atomic E-state index is -5.43. The van der Waals surface area contributed by atoms with Gasteiger partial charge in [0.15, 0.2) is 0 Å². The van der Waals surface area contributed by atoms with Gasteiger partial charge in [-0.05, 0) is 35.1 Å². The second-order valence-corrected chi connectivity index (χ2v) is 9.14. The molecular formula is C21H24F3NO2S. The molecule has 1 aliphatic rings. The topological polar surface area (TPSA) is 37.4 Å². The number of fused-ring (bicyclic) bond motifs is 1. The molecule has 1 saturated carbocycles. The first kappa shape index (κ1) is 20.9. The fourth-order valence-electron chi connectivity index (χ4n) is 3.71. The predicted molar refractivity (Wildman–Crippen MR) is 105 cm³/mol. The standard InChI is InChI=1S/C21H24F3NO2S/c22-21(23,24)28(26,27)25(15-7-10-17-8-2-1-3-9-17)16-19-13-6-12-18-11-4-5-14-20(18)19/h4-7,10-14,17H,1-3,8-9,15-16H2/b10-7+. The number of benzene rings is 2. The highest BCUT2D eigenvalue weighted by Crippen LogP contribution is 2.30. The second kappa shape index (κ2) is 8.66. The highest BCUT2D eigenvalue weighted by molar-refractivity contribution is 7.89. The van der Waals surface area contributed by atoms with Crippen LogP contribution in [0, 0.1) is 5.92 Å². The molecule has 2 aromatic rings. The number of alkyl halides is 3. The summed E-state index contributed by atoms with van der Waals surface area (Å²) in [5, 5.41) is 1.62. The molecule has 0 bridgehead atoms. The van der Waals surface area contributed by atoms with Crippen molar-refractivity contribution in [3.8, 4) is 0 Å². The number of halogens is 3. The molecule has 3 rings (SSSR count). The van der Waals surface area contributed by atoms with Gasteiger partial charge in [-0.3, -0.25) is 0 Å². The third-order valence-corrected chi connectivity index (χ3v) is 6.77. The lowest BCUT2D eigenvalue weighted by Crippen LogP contribution is -2.40. The van der Waals surface area contributed by atoms with E-state index in [4.69, 9.17) is 0 Å². The fraction of sp³-hybridized carbons (Fsp3) is 0.429. The summed E-state index contributed by atoms with van der Waals surface area (Å²) in [6.07, 6.45) is 8.86. The summed E-state index contributed by atoms with van der Waals surface area (Å²) in [4.78, 5) is 0. The minimum Gasteiger partial charge on any atom is -0.203 e. The second-order valence-electron chi connectivity index (χ2n) is 7.21. The molecule has 0 amide bonds. The molecule has 0 radical (unpaired) electrons. The van der Waals surface area contributed by atoms with Crippen LogP contribution in [0.25, 0.3) is 10.8 Å². The van der Waals surface area contributed by atoms with Gasteiger partial charge in [-0.25, -0.2) is 8.42 Å². The fourth-order valence-corrected chi connectivity index (χ4v) is 4.60. The molecule has 0 spiro atoms. The number of sulfonamides is 1. The van der Waals surface area contributed by atoms with Gasteiger partial charge in [0.2, 0.25) is 0 Å². The number of allylic oxidation sites excluding steroid dienone is 1. The summed E-state index contributed by atoms with van der Waals surface area (Å²) in [5.74, 6) is 0.321. The largest absolute Gasteiger partial charge is 0.511 e. The van der Waals surface area contributed by atoms with Crippen LogP contribution in [-0.4, -0.2) is 24.8 Å². The van der Waals surface area contributed by atoms with Crippen molar-refractivity contribution in [3.63, 3.8) is 0 Å². The van der Waals surface area contributed by atoms with Crippen LogP contribution in [0.15, 0.2) is 54.6 Å². The molecule has 2 aromatic carbocycles. The van der Waals surface area contributed by atoms with Gasteiger partial charge in [-0.1, -0.05) is 73.9 Å². The van der Waals surface area contributed by atoms with E-state index in [1.165, 1.54) is 6.42 Å². The number of rotatable bonds is 6. The molecule has 0 atom stereocenters. The number of hydrogen-bond acceptors (Lipinski definition) is 2. The van der Waals surface area contributed by atoms with Crippen LogP contribution in [0.5, 0.6) is 0 Å². The Balaban J connectivity index is 1.86. The zero-order valence-corrected chi connectivity index (χ0v) is 16.3. The number of nitrogens with zero attached hydrogens (tertiary/aromatic N) is 1. The van der Waals surface area contributed by atoms with Crippen LogP contribution in [0.3, 0.4) is 0 Å². The van der Waals surface area contributed by atoms with Crippen LogP contribution in [0.2, 0.25) is 0 Å². The van der Waals surface area contributed by atoms with Gasteiger partial charge in [0.25, 0.3) is 0 Å². The quantitative estimate of drug-likeness (QED) is 0.578. The van der Waals surface area contributed by atoms with Crippen LogP contribution >= 0.6 is 0 Å². The molecule has 0 aromatic heterocycles. The molecule has 3 nitrogen and oxygen atoms in total. The molecule has 0 unspecified atom stereocenters. The third-order valence-electron chi connectivity index (χ3n) is 5.23. The van der Waals surface area contributed by atoms with Crippen molar-refractivity contribution in [2.75, 3.05) is 6.54 Å². The lowest BCUT2D eigenvalue weighted by Gasteiger charge is -2.23. The lowest BCUT2D eigenvalue weighted by atomic mass is 9.89. The minimum absolute atomic E-state index is 0.290. The van der Waals surface area contributed by atoms with E-state index >= 15 is 0 Å². The van der Waals surface area contributed by atoms with E-state index in [0.717, 1.165) is 36.5 Å². The Hall–Kier alpha value is -1.86. The van der Waals surface area contributed by atoms with Crippen molar-refractivity contribution in [1.82, 2.24) is 4.31 Å². The molecule has 0 N–H and O–H groups in total. The normalized spacial score (nSPS) is 17.0. The average molecular weight is 411 g/mol. The van der Waals surface area contributed by atoms with Crippen molar-refractivity contribution in [2.45, 2.75) is 44.2 Å². The van der Waals surface area contributed by atoms with Crippen molar-refractivity contribution >= 4 is 20.8 Å². The van der Waals surface area contributed by atoms with E-state index in [1.807, 2.05) is 24.3 Å². The van der Waals surface area contributed by atoms with Crippen LogP contribution in [0.1, 0.15) is 37.7 Å². The molecule has 0 heterocycles. The van der Waals surface area contributed by atoms with Crippen molar-refractivity contribution in [3.05, 3.63) is 60.2 Å². The van der Waals surface area contributed by atoms with E-state index < -0.39 is 15.5 Å². The summed E-state index contributed by atoms with van der Waals surface area (Å²) in [5.41, 5.74) is -4.77. The molecule has 7 heteroatoms. The number of hydrogen-bond donors (Lipinski definition) is 0. The van der Waals surface area contributed by atoms with Crippen LogP contribution in [-0.2, 0) is 16.6 Å². The van der Waals surface area contributed by atoms with E-state index in [2.05, 4.69) is 0 Å². The highest BCUT2D eigenvalue weighted by atomic mass is 32.2. The molecule has 28 heavy (non-hydrogen) atoms. The van der Waals surface area contributed by atoms with Gasteiger partial charge in [0.1, 0.15) is 0 Å². The zero-order valence-electron chi connectivity index (χ0n) is 15.5. The summed E-state index contributed by atoms with van der Waals surface area (Å²) >= 11 is 0. The first-order valence-corrected chi connectivity index (χ1v) is 10.9. The van der Waals surface area contributed by atoms with Gasteiger partial charge >= 0.3 is 15.5 Å². The van der Waals surface area contributed by atoms with Gasteiger partial charge in [0, 0.05) is 13.1 Å². The Labute approximate surface area is 163 Å². The molecule has 0 saturated heterocycles. The molecular weight excluding hydrogens is 387 g/mol. The van der Waals surface area contributed by atoms with Crippen molar-refractivity contribution < 1.29 is 21.6 Å². The Morgan fingerprint density at radius 2 is 1.68 bits per heavy atom. The van der Waals surface area contributed by atoms with Crippen LogP contribution < -0.4 is 0 Å². The van der Waals surface area contributed by atoms with E-state index in [1.54, 1.807) is 30.3 Å². The average Bonchev–Trinajstić information content (AvgIpc) is 2.67. The monoisotopic (exact) mass is 411 g/mol. The lowest BCUT2D eigenvalue weighted by molar-refractivity contribution is -0.0488. The van der Waals surface area contributed by atoms with Gasteiger partial charge in [-0.15, -0.1) is 0 Å². The Bertz CT molecular complexity index is 927. The van der Waals surface area contributed by atoms with E-state index in [0.29, 0.717) is 15.8 Å². The van der Waals surface area contributed by atoms with E-state index in [-0.39, 0.29) is 13.1 Å². The Morgan fingerprint density at radius 1 is 1.00 bits per heavy atom. The summed E-state index contributed by atoms with van der Waals surface area (Å²) in [6.45, 7) is -0.611. The molecule has 152 valence electrons. The summed E-state index contributed by atoms with van der Waals surface area (Å²) in [7, 11) is -5.43. The molecule has 1 aliphatic carbocycles. The van der Waals surface area contributed by atoms with Crippen LogP contribution in [0.4, 0.5) is 13.2 Å². The van der Waals surface area contributed by atoms with E-state index in [9.17, 15) is 21.6 Å².